The zero-order chi connectivity index (χ0) is 17.3. The van der Waals surface area contributed by atoms with Crippen LogP contribution in [0.4, 0.5) is 11.5 Å². The van der Waals surface area contributed by atoms with E-state index < -0.39 is 4.92 Å². The first kappa shape index (κ1) is 15.5. The summed E-state index contributed by atoms with van der Waals surface area (Å²) in [6, 6.07) is 11.6. The van der Waals surface area contributed by atoms with Gasteiger partial charge in [0.25, 0.3) is 5.69 Å². The quantitative estimate of drug-likeness (QED) is 0.573. The van der Waals surface area contributed by atoms with Crippen molar-refractivity contribution in [2.75, 3.05) is 5.32 Å². The second-order valence-corrected chi connectivity index (χ2v) is 5.44. The highest BCUT2D eigenvalue weighted by molar-refractivity contribution is 5.88. The Bertz CT molecular complexity index is 972. The molecular formula is C17H14N4O3. The molecular weight excluding hydrogens is 308 g/mol. The molecule has 7 heteroatoms. The van der Waals surface area contributed by atoms with E-state index in [4.69, 9.17) is 4.42 Å². The summed E-state index contributed by atoms with van der Waals surface area (Å²) in [5.41, 5.74) is 0.778. The number of non-ortho nitro benzene ring substituents is 1. The minimum Gasteiger partial charge on any atom is -0.464 e. The first-order chi connectivity index (χ1) is 11.5. The average molecular weight is 322 g/mol. The number of nitro groups is 1. The van der Waals surface area contributed by atoms with Crippen molar-refractivity contribution in [2.45, 2.75) is 19.9 Å². The van der Waals surface area contributed by atoms with Gasteiger partial charge in [-0.15, -0.1) is 0 Å². The third-order valence-corrected chi connectivity index (χ3v) is 3.68. The van der Waals surface area contributed by atoms with Crippen molar-refractivity contribution < 1.29 is 9.34 Å². The van der Waals surface area contributed by atoms with Crippen LogP contribution in [0.2, 0.25) is 0 Å². The molecule has 0 aliphatic rings. The van der Waals surface area contributed by atoms with Crippen LogP contribution in [0, 0.1) is 28.4 Å². The number of anilines is 1. The van der Waals surface area contributed by atoms with Crippen molar-refractivity contribution in [2.24, 2.45) is 0 Å². The number of fused-ring (bicyclic) bond motifs is 1. The van der Waals surface area contributed by atoms with E-state index in [2.05, 4.69) is 16.4 Å². The highest BCUT2D eigenvalue weighted by Crippen LogP contribution is 2.27. The van der Waals surface area contributed by atoms with Gasteiger partial charge in [-0.05, 0) is 38.1 Å². The Hall–Kier alpha value is -3.40. The second-order valence-electron chi connectivity index (χ2n) is 5.44. The molecule has 0 amide bonds. The van der Waals surface area contributed by atoms with Crippen molar-refractivity contribution in [3.05, 3.63) is 63.6 Å². The van der Waals surface area contributed by atoms with Gasteiger partial charge in [0.2, 0.25) is 0 Å². The Kier molecular flexibility index (Phi) is 3.88. The van der Waals surface area contributed by atoms with Crippen molar-refractivity contribution in [1.82, 2.24) is 4.98 Å². The lowest BCUT2D eigenvalue weighted by Gasteiger charge is -2.13. The third-order valence-electron chi connectivity index (χ3n) is 3.68. The van der Waals surface area contributed by atoms with Crippen molar-refractivity contribution in [3.8, 4) is 6.07 Å². The Morgan fingerprint density at radius 3 is 2.75 bits per heavy atom. The van der Waals surface area contributed by atoms with Gasteiger partial charge in [0.15, 0.2) is 0 Å². The number of rotatable bonds is 4. The zero-order valence-electron chi connectivity index (χ0n) is 13.1. The smallest absolute Gasteiger partial charge is 0.270 e. The number of hydrogen-bond acceptors (Lipinski definition) is 6. The summed E-state index contributed by atoms with van der Waals surface area (Å²) in [7, 11) is 0. The van der Waals surface area contributed by atoms with Crippen LogP contribution in [0.15, 0.2) is 40.8 Å². The summed E-state index contributed by atoms with van der Waals surface area (Å²) < 4.78 is 5.57. The molecule has 1 aromatic carbocycles. The number of benzene rings is 1. The first-order valence-corrected chi connectivity index (χ1v) is 7.30. The fraction of sp³-hybridized carbons (Fsp3) is 0.176. The summed E-state index contributed by atoms with van der Waals surface area (Å²) in [4.78, 5) is 14.8. The number of pyridine rings is 1. The van der Waals surface area contributed by atoms with E-state index in [1.165, 1.54) is 12.1 Å². The highest BCUT2D eigenvalue weighted by atomic mass is 16.6. The van der Waals surface area contributed by atoms with E-state index in [-0.39, 0.29) is 11.7 Å². The monoisotopic (exact) mass is 322 g/mol. The van der Waals surface area contributed by atoms with Gasteiger partial charge in [0.1, 0.15) is 17.3 Å². The van der Waals surface area contributed by atoms with Crippen molar-refractivity contribution in [3.63, 3.8) is 0 Å². The maximum atomic E-state index is 10.9. The van der Waals surface area contributed by atoms with Gasteiger partial charge in [0.05, 0.1) is 28.1 Å². The molecule has 0 fully saturated rings. The molecule has 0 aliphatic heterocycles. The summed E-state index contributed by atoms with van der Waals surface area (Å²) >= 11 is 0. The van der Waals surface area contributed by atoms with Crippen LogP contribution in [0.1, 0.15) is 30.0 Å². The Balaban J connectivity index is 1.99. The van der Waals surface area contributed by atoms with Gasteiger partial charge in [-0.2, -0.15) is 5.26 Å². The highest BCUT2D eigenvalue weighted by Gasteiger charge is 2.14. The van der Waals surface area contributed by atoms with E-state index in [1.807, 2.05) is 26.0 Å². The fourth-order valence-electron chi connectivity index (χ4n) is 2.47. The number of aryl methyl sites for hydroxylation is 1. The lowest BCUT2D eigenvalue weighted by Crippen LogP contribution is -2.07. The molecule has 2 heterocycles. The number of aromatic nitrogens is 1. The minimum absolute atomic E-state index is 0.0686. The minimum atomic E-state index is -0.492. The van der Waals surface area contributed by atoms with E-state index in [9.17, 15) is 15.4 Å². The topological polar surface area (TPSA) is 105 Å². The van der Waals surface area contributed by atoms with Crippen molar-refractivity contribution >= 4 is 22.4 Å². The summed E-state index contributed by atoms with van der Waals surface area (Å²) in [6.45, 7) is 3.79. The number of nitriles is 1. The number of nitrogens with one attached hydrogen (secondary N) is 1. The van der Waals surface area contributed by atoms with Crippen LogP contribution in [0.3, 0.4) is 0 Å². The van der Waals surface area contributed by atoms with E-state index in [0.29, 0.717) is 22.3 Å². The lowest BCUT2D eigenvalue weighted by atomic mass is 10.1. The molecule has 3 aromatic rings. The molecule has 24 heavy (non-hydrogen) atoms. The second kappa shape index (κ2) is 6.01. The van der Waals surface area contributed by atoms with Gasteiger partial charge < -0.3 is 9.73 Å². The van der Waals surface area contributed by atoms with E-state index in [1.54, 1.807) is 12.1 Å². The Morgan fingerprint density at radius 1 is 1.33 bits per heavy atom. The largest absolute Gasteiger partial charge is 0.464 e. The molecule has 1 N–H and O–H groups in total. The maximum Gasteiger partial charge on any atom is 0.270 e. The van der Waals surface area contributed by atoms with Gasteiger partial charge >= 0.3 is 0 Å². The molecule has 120 valence electrons. The number of nitro benzene ring substituents is 1. The Morgan fingerprint density at radius 2 is 2.12 bits per heavy atom. The molecule has 0 aliphatic carbocycles. The first-order valence-electron chi connectivity index (χ1n) is 7.30. The summed E-state index contributed by atoms with van der Waals surface area (Å²) in [5, 5.41) is 23.9. The normalized spacial score (nSPS) is 11.9. The number of furan rings is 1. The molecule has 0 spiro atoms. The number of hydrogen-bond donors (Lipinski definition) is 1. The molecule has 3 rings (SSSR count). The van der Waals surface area contributed by atoms with Crippen LogP contribution >= 0.6 is 0 Å². The summed E-state index contributed by atoms with van der Waals surface area (Å²) in [5.74, 6) is 2.08. The number of nitrogens with zero attached hydrogens (tertiary/aromatic N) is 3. The van der Waals surface area contributed by atoms with Gasteiger partial charge in [0, 0.05) is 17.5 Å². The standard InChI is InChI=1S/C17H14N4O3/c1-10-3-6-16(24-10)11(2)19-17-7-12(9-18)14-8-13(21(22)23)4-5-15(14)20-17/h3-8,11H,1-2H3,(H,19,20). The van der Waals surface area contributed by atoms with Gasteiger partial charge in [-0.25, -0.2) is 4.98 Å². The average Bonchev–Trinajstić information content (AvgIpc) is 3.00. The predicted molar refractivity (Wildman–Crippen MR) is 88.6 cm³/mol. The SMILES string of the molecule is Cc1ccc(C(C)Nc2cc(C#N)c3cc([N+](=O)[O-])ccc3n2)o1. The van der Waals surface area contributed by atoms with Gasteiger partial charge in [-0.1, -0.05) is 0 Å². The molecule has 1 unspecified atom stereocenters. The molecule has 0 bridgehead atoms. The van der Waals surface area contributed by atoms with Gasteiger partial charge in [-0.3, -0.25) is 10.1 Å². The third kappa shape index (κ3) is 2.90. The van der Waals surface area contributed by atoms with Crippen molar-refractivity contribution in [1.29, 1.82) is 5.26 Å². The van der Waals surface area contributed by atoms with Crippen LogP contribution in [0.5, 0.6) is 0 Å². The van der Waals surface area contributed by atoms with Crippen LogP contribution in [-0.2, 0) is 0 Å². The summed E-state index contributed by atoms with van der Waals surface area (Å²) in [6.07, 6.45) is 0. The van der Waals surface area contributed by atoms with Crippen LogP contribution in [-0.4, -0.2) is 9.91 Å². The molecule has 0 radical (unpaired) electrons. The maximum absolute atomic E-state index is 10.9. The zero-order valence-corrected chi connectivity index (χ0v) is 13.1. The van der Waals surface area contributed by atoms with E-state index in [0.717, 1.165) is 11.5 Å². The molecule has 1 atom stereocenters. The van der Waals surface area contributed by atoms with Crippen LogP contribution < -0.4 is 5.32 Å². The fourth-order valence-corrected chi connectivity index (χ4v) is 2.47. The van der Waals surface area contributed by atoms with Crippen LogP contribution in [0.25, 0.3) is 10.9 Å². The molecule has 0 saturated carbocycles. The molecule has 2 aromatic heterocycles. The van der Waals surface area contributed by atoms with E-state index >= 15 is 0 Å². The molecule has 0 saturated heterocycles. The molecule has 7 nitrogen and oxygen atoms in total. The Labute approximate surface area is 137 Å². The predicted octanol–water partition coefficient (Wildman–Crippen LogP) is 4.09. The lowest BCUT2D eigenvalue weighted by molar-refractivity contribution is -0.384.